The predicted octanol–water partition coefficient (Wildman–Crippen LogP) is 1.99. The zero-order valence-corrected chi connectivity index (χ0v) is 9.59. The number of benzene rings is 1. The van der Waals surface area contributed by atoms with Gasteiger partial charge in [0.25, 0.3) is 0 Å². The number of nitrogens with zero attached hydrogens (tertiary/aromatic N) is 2. The van der Waals surface area contributed by atoms with E-state index >= 15 is 0 Å². The third kappa shape index (κ3) is 2.57. The molecule has 0 radical (unpaired) electrons. The summed E-state index contributed by atoms with van der Waals surface area (Å²) in [5.74, 6) is 0. The number of halogens is 3. The third-order valence-electron chi connectivity index (χ3n) is 2.89. The number of hydrogen-bond donors (Lipinski definition) is 1. The Balaban J connectivity index is 2.42. The molecule has 0 aromatic heterocycles. The Hall–Kier alpha value is -1.74. The van der Waals surface area contributed by atoms with Gasteiger partial charge in [0.1, 0.15) is 0 Å². The van der Waals surface area contributed by atoms with Crippen molar-refractivity contribution in [3.8, 4) is 6.07 Å². The Kier molecular flexibility index (Phi) is 3.43. The van der Waals surface area contributed by atoms with Gasteiger partial charge in [-0.3, -0.25) is 0 Å². The lowest BCUT2D eigenvalue weighted by atomic mass is 10.1. The van der Waals surface area contributed by atoms with E-state index in [0.29, 0.717) is 26.2 Å². The average Bonchev–Trinajstić information content (AvgIpc) is 2.38. The van der Waals surface area contributed by atoms with Crippen molar-refractivity contribution in [2.75, 3.05) is 31.1 Å². The minimum absolute atomic E-state index is 0.0289. The fourth-order valence-electron chi connectivity index (χ4n) is 2.01. The summed E-state index contributed by atoms with van der Waals surface area (Å²) in [5.41, 5.74) is -0.548. The average molecular weight is 255 g/mol. The fourth-order valence-corrected chi connectivity index (χ4v) is 2.01. The quantitative estimate of drug-likeness (QED) is 0.834. The second-order valence-electron chi connectivity index (χ2n) is 4.08. The van der Waals surface area contributed by atoms with Crippen LogP contribution in [0.3, 0.4) is 0 Å². The van der Waals surface area contributed by atoms with E-state index in [4.69, 9.17) is 5.26 Å². The van der Waals surface area contributed by atoms with E-state index in [9.17, 15) is 13.2 Å². The van der Waals surface area contributed by atoms with Crippen molar-refractivity contribution in [2.24, 2.45) is 0 Å². The number of rotatable bonds is 1. The molecule has 0 bridgehead atoms. The van der Waals surface area contributed by atoms with Gasteiger partial charge in [0.05, 0.1) is 17.2 Å². The Morgan fingerprint density at radius 1 is 1.22 bits per heavy atom. The lowest BCUT2D eigenvalue weighted by Crippen LogP contribution is -2.44. The van der Waals surface area contributed by atoms with E-state index in [1.54, 1.807) is 11.0 Å². The minimum Gasteiger partial charge on any atom is -0.368 e. The Morgan fingerprint density at radius 2 is 1.89 bits per heavy atom. The molecule has 1 aromatic carbocycles. The van der Waals surface area contributed by atoms with Gasteiger partial charge in [0.15, 0.2) is 0 Å². The van der Waals surface area contributed by atoms with Gasteiger partial charge in [0.2, 0.25) is 0 Å². The molecule has 3 nitrogen and oxygen atoms in total. The highest BCUT2D eigenvalue weighted by Gasteiger charge is 2.35. The zero-order valence-electron chi connectivity index (χ0n) is 9.59. The molecule has 1 aliphatic heterocycles. The van der Waals surface area contributed by atoms with Crippen molar-refractivity contribution in [2.45, 2.75) is 6.18 Å². The molecule has 0 aliphatic carbocycles. The van der Waals surface area contributed by atoms with Crippen LogP contribution in [0.1, 0.15) is 11.1 Å². The van der Waals surface area contributed by atoms with Crippen LogP contribution in [0.15, 0.2) is 18.2 Å². The molecule has 1 aliphatic rings. The maximum Gasteiger partial charge on any atom is 0.418 e. The van der Waals surface area contributed by atoms with Crippen LogP contribution >= 0.6 is 0 Å². The van der Waals surface area contributed by atoms with E-state index in [1.807, 2.05) is 0 Å². The summed E-state index contributed by atoms with van der Waals surface area (Å²) in [4.78, 5) is 1.69. The molecule has 0 spiro atoms. The largest absolute Gasteiger partial charge is 0.418 e. The van der Waals surface area contributed by atoms with Crippen LogP contribution in [-0.2, 0) is 6.18 Å². The minimum atomic E-state index is -4.44. The highest BCUT2D eigenvalue weighted by molar-refractivity contribution is 5.58. The zero-order chi connectivity index (χ0) is 13.2. The monoisotopic (exact) mass is 255 g/mol. The van der Waals surface area contributed by atoms with Gasteiger partial charge in [-0.15, -0.1) is 0 Å². The summed E-state index contributed by atoms with van der Waals surface area (Å²) < 4.78 is 38.9. The van der Waals surface area contributed by atoms with Crippen molar-refractivity contribution >= 4 is 5.69 Å². The third-order valence-corrected chi connectivity index (χ3v) is 2.89. The number of piperazine rings is 1. The van der Waals surface area contributed by atoms with Crippen molar-refractivity contribution in [1.29, 1.82) is 5.26 Å². The Bertz CT molecular complexity index is 470. The highest BCUT2D eigenvalue weighted by Crippen LogP contribution is 2.37. The van der Waals surface area contributed by atoms with Gasteiger partial charge < -0.3 is 10.2 Å². The SMILES string of the molecule is N#Cc1ccc(N2CCNCC2)c(C(F)(F)F)c1. The number of hydrogen-bond acceptors (Lipinski definition) is 3. The van der Waals surface area contributed by atoms with Gasteiger partial charge in [-0.25, -0.2) is 0 Å². The first-order valence-electron chi connectivity index (χ1n) is 5.59. The molecule has 1 heterocycles. The summed E-state index contributed by atoms with van der Waals surface area (Å²) in [5, 5.41) is 11.8. The predicted molar refractivity (Wildman–Crippen MR) is 61.2 cm³/mol. The smallest absolute Gasteiger partial charge is 0.368 e. The lowest BCUT2D eigenvalue weighted by Gasteiger charge is -2.31. The first-order chi connectivity index (χ1) is 8.52. The number of nitrogens with one attached hydrogen (secondary N) is 1. The van der Waals surface area contributed by atoms with E-state index < -0.39 is 11.7 Å². The van der Waals surface area contributed by atoms with Crippen LogP contribution in [0, 0.1) is 11.3 Å². The summed E-state index contributed by atoms with van der Waals surface area (Å²) in [6, 6.07) is 5.46. The van der Waals surface area contributed by atoms with E-state index in [1.165, 1.54) is 12.1 Å². The number of nitriles is 1. The summed E-state index contributed by atoms with van der Waals surface area (Å²) >= 11 is 0. The molecule has 1 fully saturated rings. The van der Waals surface area contributed by atoms with Crippen LogP contribution in [0.5, 0.6) is 0 Å². The topological polar surface area (TPSA) is 39.1 Å². The van der Waals surface area contributed by atoms with Crippen LogP contribution in [0.4, 0.5) is 18.9 Å². The summed E-state index contributed by atoms with van der Waals surface area (Å²) in [6.07, 6.45) is -4.44. The Morgan fingerprint density at radius 3 is 2.44 bits per heavy atom. The summed E-state index contributed by atoms with van der Waals surface area (Å²) in [7, 11) is 0. The van der Waals surface area contributed by atoms with Gasteiger partial charge >= 0.3 is 6.18 Å². The van der Waals surface area contributed by atoms with Gasteiger partial charge in [0, 0.05) is 31.9 Å². The molecule has 0 saturated carbocycles. The fraction of sp³-hybridized carbons (Fsp3) is 0.417. The first-order valence-corrected chi connectivity index (χ1v) is 5.59. The van der Waals surface area contributed by atoms with Gasteiger partial charge in [-0.1, -0.05) is 0 Å². The second-order valence-corrected chi connectivity index (χ2v) is 4.08. The van der Waals surface area contributed by atoms with Crippen molar-refractivity contribution in [3.05, 3.63) is 29.3 Å². The standard InChI is InChI=1S/C12H12F3N3/c13-12(14,15)10-7-9(8-16)1-2-11(10)18-5-3-17-4-6-18/h1-2,7,17H,3-6H2. The molecule has 1 aromatic rings. The second kappa shape index (κ2) is 4.86. The van der Waals surface area contributed by atoms with Crippen molar-refractivity contribution in [1.82, 2.24) is 5.32 Å². The maximum atomic E-state index is 13.0. The molecule has 96 valence electrons. The van der Waals surface area contributed by atoms with Gasteiger partial charge in [-0.2, -0.15) is 18.4 Å². The molecular formula is C12H12F3N3. The molecule has 0 amide bonds. The van der Waals surface area contributed by atoms with E-state index in [2.05, 4.69) is 5.32 Å². The molecule has 1 N–H and O–H groups in total. The van der Waals surface area contributed by atoms with Crippen LogP contribution in [-0.4, -0.2) is 26.2 Å². The van der Waals surface area contributed by atoms with E-state index in [-0.39, 0.29) is 11.3 Å². The van der Waals surface area contributed by atoms with Crippen LogP contribution in [0.25, 0.3) is 0 Å². The maximum absolute atomic E-state index is 13.0. The summed E-state index contributed by atoms with van der Waals surface area (Å²) in [6.45, 7) is 2.40. The highest BCUT2D eigenvalue weighted by atomic mass is 19.4. The van der Waals surface area contributed by atoms with Crippen molar-refractivity contribution < 1.29 is 13.2 Å². The Labute approximate surface area is 103 Å². The lowest BCUT2D eigenvalue weighted by molar-refractivity contribution is -0.137. The van der Waals surface area contributed by atoms with E-state index in [0.717, 1.165) is 6.07 Å². The van der Waals surface area contributed by atoms with Crippen molar-refractivity contribution in [3.63, 3.8) is 0 Å². The van der Waals surface area contributed by atoms with Crippen LogP contribution in [0.2, 0.25) is 0 Å². The molecule has 2 rings (SSSR count). The molecule has 1 saturated heterocycles. The molecule has 6 heteroatoms. The number of anilines is 1. The molecule has 0 unspecified atom stereocenters. The first kappa shape index (κ1) is 12.7. The molecule has 18 heavy (non-hydrogen) atoms. The normalized spacial score (nSPS) is 16.4. The molecular weight excluding hydrogens is 243 g/mol. The molecule has 0 atom stereocenters. The number of alkyl halides is 3. The van der Waals surface area contributed by atoms with Crippen LogP contribution < -0.4 is 10.2 Å². The van der Waals surface area contributed by atoms with Gasteiger partial charge in [-0.05, 0) is 18.2 Å².